The number of benzene rings is 5. The lowest BCUT2D eigenvalue weighted by Crippen LogP contribution is -2.41. The van der Waals surface area contributed by atoms with Gasteiger partial charge in [0.25, 0.3) is 0 Å². The largest absolute Gasteiger partial charge is 0.498 e. The number of aryl methyl sites for hydroxylation is 8. The van der Waals surface area contributed by atoms with Crippen molar-refractivity contribution < 1.29 is 18.6 Å². The van der Waals surface area contributed by atoms with Crippen molar-refractivity contribution in [3.8, 4) is 33.8 Å². The topological polar surface area (TPSA) is 249 Å². The lowest BCUT2D eigenvalue weighted by atomic mass is 9.82. The van der Waals surface area contributed by atoms with Crippen LogP contribution in [0.2, 0.25) is 0 Å². The second-order valence-corrected chi connectivity index (χ2v) is 31.0. The van der Waals surface area contributed by atoms with Crippen molar-refractivity contribution >= 4 is 84.6 Å². The van der Waals surface area contributed by atoms with Crippen LogP contribution in [0.15, 0.2) is 300 Å². The van der Waals surface area contributed by atoms with Gasteiger partial charge in [-0.15, -0.1) is 0 Å². The zero-order valence-electron chi connectivity index (χ0n) is 72.5. The van der Waals surface area contributed by atoms with Crippen LogP contribution in [0.5, 0.6) is 0 Å². The number of hydrogen-bond donors (Lipinski definition) is 5. The van der Waals surface area contributed by atoms with Crippen molar-refractivity contribution in [2.24, 2.45) is 26.9 Å². The molecule has 0 aliphatic carbocycles. The molecule has 119 heavy (non-hydrogen) atoms. The number of aromatic amines is 2. The molecule has 5 aromatic carbocycles. The molecule has 0 spiro atoms. The summed E-state index contributed by atoms with van der Waals surface area (Å²) < 4.78 is 31.3. The minimum absolute atomic E-state index is 0.283. The summed E-state index contributed by atoms with van der Waals surface area (Å²) in [4.78, 5) is 17.1. The Labute approximate surface area is 732 Å². The summed E-state index contributed by atoms with van der Waals surface area (Å²) in [6.07, 6.45) is 24.0. The first-order valence-electron chi connectivity index (χ1n) is 39.8. The molecule has 9 aromatic heterocycles. The van der Waals surface area contributed by atoms with E-state index in [1.165, 1.54) is 34.9 Å². The van der Waals surface area contributed by atoms with Gasteiger partial charge in [-0.2, -0.15) is 25.5 Å². The number of hydrogen-bond acceptors (Lipinski definition) is 16. The fraction of sp³-hybridized carbons (Fsp3) is 0.301. The second kappa shape index (κ2) is 53.3. The van der Waals surface area contributed by atoms with Crippen molar-refractivity contribution in [1.29, 1.82) is 0 Å². The van der Waals surface area contributed by atoms with Gasteiger partial charge >= 0.3 is 14.2 Å². The van der Waals surface area contributed by atoms with Gasteiger partial charge in [0, 0.05) is 106 Å². The molecule has 0 bridgehead atoms. The van der Waals surface area contributed by atoms with E-state index in [4.69, 9.17) is 18.6 Å². The Bertz CT molecular complexity index is 4690. The summed E-state index contributed by atoms with van der Waals surface area (Å²) in [6.45, 7) is 27.1. The summed E-state index contributed by atoms with van der Waals surface area (Å²) in [5, 5.41) is 31.5. The van der Waals surface area contributed by atoms with Crippen molar-refractivity contribution in [2.75, 3.05) is 31.8 Å². The quantitative estimate of drug-likeness (QED) is 0.0563. The maximum absolute atomic E-state index is 5.89. The first kappa shape index (κ1) is 99.3. The SMILES string of the molecule is Brc1cccc(Br)n1.CC1(C)OB(c2cn[nH]c2)OC1(C)C.CCc1ccccc1.CCc1ccccc1.CCc1ccccc1.CCc1ccccc1.CCc1ccccc1.CN.CNc1cccc(-c2cn[nH]c2)n1.CNc1cccc(-c2cnn(C)c2)n1.Cn1cc(-c2cccc(Br)n2)cn1.Cn1cc(B2OC(C)(C)C(C)(C)O2)cn1. The van der Waals surface area contributed by atoms with Crippen LogP contribution in [0.25, 0.3) is 33.8 Å². The molecule has 0 saturated carbocycles. The van der Waals surface area contributed by atoms with Gasteiger partial charge < -0.3 is 35.0 Å². The maximum Gasteiger partial charge on any atom is 0.498 e. The minimum atomic E-state index is -0.307. The lowest BCUT2D eigenvalue weighted by Gasteiger charge is -2.32. The third-order valence-corrected chi connectivity index (χ3v) is 20.1. The highest BCUT2D eigenvalue weighted by molar-refractivity contribution is 9.11. The molecule has 0 amide bonds. The van der Waals surface area contributed by atoms with E-state index in [0.717, 1.165) is 102 Å². The van der Waals surface area contributed by atoms with Crippen LogP contribution in [0, 0.1) is 0 Å². The summed E-state index contributed by atoms with van der Waals surface area (Å²) >= 11 is 9.77. The average molecular weight is 1800 g/mol. The van der Waals surface area contributed by atoms with Crippen LogP contribution in [-0.4, -0.2) is 127 Å². The van der Waals surface area contributed by atoms with E-state index in [9.17, 15) is 0 Å². The molecule has 0 atom stereocenters. The van der Waals surface area contributed by atoms with Crippen molar-refractivity contribution in [2.45, 2.75) is 145 Å². The molecule has 11 heterocycles. The van der Waals surface area contributed by atoms with Crippen LogP contribution >= 0.6 is 47.8 Å². The van der Waals surface area contributed by atoms with Crippen LogP contribution in [0.3, 0.4) is 0 Å². The molecule has 21 nitrogen and oxygen atoms in total. The molecule has 628 valence electrons. The second-order valence-electron chi connectivity index (χ2n) is 28.6. The number of halogens is 3. The van der Waals surface area contributed by atoms with Crippen LogP contribution < -0.4 is 27.3 Å². The van der Waals surface area contributed by atoms with Crippen LogP contribution in [0.1, 0.15) is 118 Å². The summed E-state index contributed by atoms with van der Waals surface area (Å²) in [5.74, 6) is 1.73. The number of nitrogens with one attached hydrogen (secondary N) is 4. The van der Waals surface area contributed by atoms with Crippen molar-refractivity contribution in [3.63, 3.8) is 0 Å². The van der Waals surface area contributed by atoms with Gasteiger partial charge in [0.2, 0.25) is 0 Å². The molecule has 16 rings (SSSR count). The molecule has 2 saturated heterocycles. The Kier molecular flexibility index (Phi) is 44.5. The molecule has 6 N–H and O–H groups in total. The molecule has 2 fully saturated rings. The molecule has 0 unspecified atom stereocenters. The Morgan fingerprint density at radius 2 is 0.630 bits per heavy atom. The summed E-state index contributed by atoms with van der Waals surface area (Å²) in [5.41, 5.74) is 18.2. The van der Waals surface area contributed by atoms with Gasteiger partial charge in [-0.25, -0.2) is 19.9 Å². The third-order valence-electron chi connectivity index (χ3n) is 18.8. The third kappa shape index (κ3) is 36.1. The Balaban J connectivity index is 0.000000235. The van der Waals surface area contributed by atoms with E-state index in [-0.39, 0.29) is 36.6 Å². The van der Waals surface area contributed by atoms with Gasteiger partial charge in [-0.1, -0.05) is 211 Å². The van der Waals surface area contributed by atoms with Crippen molar-refractivity contribution in [3.05, 3.63) is 328 Å². The standard InChI is InChI=1S/C10H17BN2O2.C10H12N4.C9H15BN2O2.C9H8BrN3.C9H10N4.5C8H10.C5H3Br2N.CH5N/c1-9(2)10(3,4)15-11(14-9)8-6-12-13(5)7-8;1-11-10-5-3-4-9(13-10)8-6-12-14(2)7-8;1-8(2)9(3,4)14-10(13-8)7-5-11-12-6-7;1-13-6-7(5-11-13)8-3-2-4-9(10)12-8;1-10-9-4-2-3-8(13-9)7-5-11-12-6-7;5*1-2-8-6-4-3-5-7-8;6-4-2-1-3-5(7)8-4;1-2/h6-7H,1-5H3;3-7H,1-2H3,(H,11,13);5-6H,1-4H3,(H,11,12);2-6H,1H3;2-6H,1H3,(H,10,13)(H,11,12);5*3-7H,2H2,1H3;1-3H;2H2,1H3. The number of nitrogens with zero attached hydrogens (tertiary/aromatic N) is 12. The zero-order chi connectivity index (χ0) is 87.1. The van der Waals surface area contributed by atoms with Crippen LogP contribution in [-0.2, 0) is 71.9 Å². The predicted molar refractivity (Wildman–Crippen MR) is 504 cm³/mol. The number of rotatable bonds is 12. The molecule has 2 aliphatic heterocycles. The Morgan fingerprint density at radius 3 is 0.891 bits per heavy atom. The molecule has 0 radical (unpaired) electrons. The van der Waals surface area contributed by atoms with E-state index in [1.54, 1.807) is 45.0 Å². The summed E-state index contributed by atoms with van der Waals surface area (Å²) in [6, 6.07) is 75.5. The number of H-pyrrole nitrogens is 2. The molecule has 2 aliphatic rings. The monoisotopic (exact) mass is 1800 g/mol. The van der Waals surface area contributed by atoms with E-state index in [2.05, 4.69) is 276 Å². The zero-order valence-corrected chi connectivity index (χ0v) is 77.3. The average Bonchev–Trinajstić information content (AvgIpc) is 1.63. The summed E-state index contributed by atoms with van der Waals surface area (Å²) in [7, 11) is 10.3. The normalized spacial score (nSPS) is 12.9. The Morgan fingerprint density at radius 1 is 0.336 bits per heavy atom. The van der Waals surface area contributed by atoms with Gasteiger partial charge in [-0.05, 0) is 219 Å². The number of aromatic nitrogens is 14. The predicted octanol–water partition coefficient (Wildman–Crippen LogP) is 20.1. The highest BCUT2D eigenvalue weighted by Gasteiger charge is 2.53. The number of anilines is 2. The number of pyridine rings is 4. The Hall–Kier alpha value is -10.3. The van der Waals surface area contributed by atoms with E-state index >= 15 is 0 Å². The minimum Gasteiger partial charge on any atom is -0.399 e. The van der Waals surface area contributed by atoms with Gasteiger partial charge in [0.15, 0.2) is 0 Å². The molecule has 26 heteroatoms. The lowest BCUT2D eigenvalue weighted by molar-refractivity contribution is 0.00578. The van der Waals surface area contributed by atoms with Crippen molar-refractivity contribution in [1.82, 2.24) is 69.7 Å². The first-order chi connectivity index (χ1) is 57.1. The molecular formula is C93H120B2Br3N17O4. The fourth-order valence-electron chi connectivity index (χ4n) is 10.4. The highest BCUT2D eigenvalue weighted by atomic mass is 79.9. The van der Waals surface area contributed by atoms with Gasteiger partial charge in [-0.3, -0.25) is 24.2 Å². The fourth-order valence-corrected chi connectivity index (χ4v) is 11.7. The van der Waals surface area contributed by atoms with E-state index < -0.39 is 0 Å². The maximum atomic E-state index is 5.89. The van der Waals surface area contributed by atoms with Crippen LogP contribution in [0.4, 0.5) is 11.6 Å². The smallest absolute Gasteiger partial charge is 0.399 e. The van der Waals surface area contributed by atoms with E-state index in [0.29, 0.717) is 0 Å². The van der Waals surface area contributed by atoms with Gasteiger partial charge in [0.05, 0.1) is 58.1 Å². The van der Waals surface area contributed by atoms with Gasteiger partial charge in [0.1, 0.15) is 25.4 Å². The molecular weight excluding hydrogens is 1680 g/mol. The number of nitrogens with two attached hydrogens (primary N) is 1. The van der Waals surface area contributed by atoms with E-state index in [1.807, 2.05) is 225 Å². The highest BCUT2D eigenvalue weighted by Crippen LogP contribution is 2.37. The molecule has 14 aromatic rings. The first-order valence-corrected chi connectivity index (χ1v) is 42.2.